The quantitative estimate of drug-likeness (QED) is 0.199. The van der Waals surface area contributed by atoms with E-state index in [1.807, 2.05) is 30.3 Å². The highest BCUT2D eigenvalue weighted by atomic mass is 15.0. The molecular formula is C44H26N4. The van der Waals surface area contributed by atoms with Gasteiger partial charge in [0.25, 0.3) is 0 Å². The zero-order valence-corrected chi connectivity index (χ0v) is 25.8. The van der Waals surface area contributed by atoms with Crippen molar-refractivity contribution in [1.29, 1.82) is 10.5 Å². The van der Waals surface area contributed by atoms with Crippen molar-refractivity contribution in [1.82, 2.24) is 9.13 Å². The molecule has 0 unspecified atom stereocenters. The predicted octanol–water partition coefficient (Wildman–Crippen LogP) is 11.0. The Hall–Kier alpha value is -6.88. The molecule has 4 heteroatoms. The van der Waals surface area contributed by atoms with Crippen LogP contribution in [0.15, 0.2) is 158 Å². The third-order valence-electron chi connectivity index (χ3n) is 9.40. The first kappa shape index (κ1) is 27.4. The van der Waals surface area contributed by atoms with Gasteiger partial charge in [0.15, 0.2) is 0 Å². The highest BCUT2D eigenvalue weighted by Gasteiger charge is 2.21. The minimum absolute atomic E-state index is 0.373. The Bertz CT molecular complexity index is 2790. The van der Waals surface area contributed by atoms with Crippen LogP contribution in [0.5, 0.6) is 0 Å². The lowest BCUT2D eigenvalue weighted by Gasteiger charge is -2.16. The average molecular weight is 611 g/mol. The molecule has 2 heterocycles. The summed E-state index contributed by atoms with van der Waals surface area (Å²) in [5, 5.41) is 24.2. The molecule has 0 aliphatic carbocycles. The molecule has 0 spiro atoms. The zero-order valence-electron chi connectivity index (χ0n) is 25.8. The molecule has 9 rings (SSSR count). The first-order chi connectivity index (χ1) is 23.7. The molecule has 0 radical (unpaired) electrons. The molecule has 0 bridgehead atoms. The number of fused-ring (bicyclic) bond motifs is 7. The number of aromatic nitrogens is 2. The van der Waals surface area contributed by atoms with Gasteiger partial charge in [-0.2, -0.15) is 10.5 Å². The molecule has 0 amide bonds. The molecule has 222 valence electrons. The minimum atomic E-state index is 0.373. The van der Waals surface area contributed by atoms with Gasteiger partial charge < -0.3 is 9.13 Å². The van der Waals surface area contributed by atoms with Crippen molar-refractivity contribution in [3.8, 4) is 45.8 Å². The molecule has 9 aromatic rings. The Balaban J connectivity index is 1.40. The third kappa shape index (κ3) is 4.07. The number of benzene rings is 7. The van der Waals surface area contributed by atoms with E-state index < -0.39 is 0 Å². The molecule has 7 aromatic carbocycles. The molecule has 0 aliphatic rings. The lowest BCUT2D eigenvalue weighted by Crippen LogP contribution is -1.97. The molecule has 2 aromatic heterocycles. The highest BCUT2D eigenvalue weighted by molar-refractivity contribution is 6.26. The average Bonchev–Trinajstić information content (AvgIpc) is 3.68. The lowest BCUT2D eigenvalue weighted by molar-refractivity contribution is 1.17. The zero-order chi connectivity index (χ0) is 32.2. The Labute approximate surface area is 277 Å². The van der Waals surface area contributed by atoms with Crippen LogP contribution in [0.4, 0.5) is 0 Å². The van der Waals surface area contributed by atoms with Gasteiger partial charge in [-0.1, -0.05) is 103 Å². The maximum atomic E-state index is 9.81. The van der Waals surface area contributed by atoms with Gasteiger partial charge in [-0.05, 0) is 76.9 Å². The first-order valence-corrected chi connectivity index (χ1v) is 15.9. The summed E-state index contributed by atoms with van der Waals surface area (Å²) in [5.41, 5.74) is 11.5. The van der Waals surface area contributed by atoms with Crippen molar-refractivity contribution < 1.29 is 0 Å². The molecule has 0 N–H and O–H groups in total. The van der Waals surface area contributed by atoms with Crippen LogP contribution in [0.2, 0.25) is 0 Å². The van der Waals surface area contributed by atoms with Crippen LogP contribution in [0.1, 0.15) is 11.1 Å². The number of para-hydroxylation sites is 3. The van der Waals surface area contributed by atoms with E-state index in [4.69, 9.17) is 0 Å². The molecule has 0 saturated carbocycles. The van der Waals surface area contributed by atoms with Crippen LogP contribution in [0.3, 0.4) is 0 Å². The molecule has 0 saturated heterocycles. The summed E-state index contributed by atoms with van der Waals surface area (Å²) in [4.78, 5) is 0. The topological polar surface area (TPSA) is 57.4 Å². The van der Waals surface area contributed by atoms with E-state index in [-0.39, 0.29) is 0 Å². The number of nitrogens with zero attached hydrogens (tertiary/aromatic N) is 4. The van der Waals surface area contributed by atoms with Gasteiger partial charge in [-0.25, -0.2) is 0 Å². The van der Waals surface area contributed by atoms with Crippen LogP contribution in [-0.4, -0.2) is 9.13 Å². The van der Waals surface area contributed by atoms with Crippen molar-refractivity contribution >= 4 is 43.6 Å². The van der Waals surface area contributed by atoms with Gasteiger partial charge in [0.05, 0.1) is 33.2 Å². The summed E-state index contributed by atoms with van der Waals surface area (Å²) in [6, 6.07) is 59.2. The fourth-order valence-corrected chi connectivity index (χ4v) is 7.31. The van der Waals surface area contributed by atoms with Crippen molar-refractivity contribution in [3.63, 3.8) is 0 Å². The van der Waals surface area contributed by atoms with Crippen LogP contribution >= 0.6 is 0 Å². The highest BCUT2D eigenvalue weighted by Crippen LogP contribution is 2.43. The Kier molecular flexibility index (Phi) is 6.22. The number of nitriles is 2. The van der Waals surface area contributed by atoms with E-state index in [0.717, 1.165) is 55.7 Å². The molecular weight excluding hydrogens is 585 g/mol. The molecule has 0 atom stereocenters. The summed E-state index contributed by atoms with van der Waals surface area (Å²) in [6.07, 6.45) is 0. The molecule has 0 fully saturated rings. The molecule has 4 nitrogen and oxygen atoms in total. The second-order valence-corrected chi connectivity index (χ2v) is 12.0. The first-order valence-electron chi connectivity index (χ1n) is 15.9. The predicted molar refractivity (Wildman–Crippen MR) is 195 cm³/mol. The fraction of sp³-hybridized carbons (Fsp3) is 0. The van der Waals surface area contributed by atoms with E-state index >= 15 is 0 Å². The monoisotopic (exact) mass is 610 g/mol. The van der Waals surface area contributed by atoms with Gasteiger partial charge in [-0.15, -0.1) is 0 Å². The summed E-state index contributed by atoms with van der Waals surface area (Å²) in [7, 11) is 0. The summed E-state index contributed by atoms with van der Waals surface area (Å²) >= 11 is 0. The van der Waals surface area contributed by atoms with Crippen molar-refractivity contribution in [2.75, 3.05) is 0 Å². The number of rotatable bonds is 4. The van der Waals surface area contributed by atoms with Gasteiger partial charge in [0.1, 0.15) is 12.1 Å². The van der Waals surface area contributed by atoms with Gasteiger partial charge in [0.2, 0.25) is 0 Å². The number of hydrogen-bond donors (Lipinski definition) is 0. The van der Waals surface area contributed by atoms with E-state index in [1.165, 1.54) is 21.5 Å². The van der Waals surface area contributed by atoms with Gasteiger partial charge in [0, 0.05) is 32.9 Å². The maximum absolute atomic E-state index is 9.81. The SMILES string of the molecule is N#Cc1ccc(-c2ccc(-n3c4ccccc4c4ccc5c(c6ccccc6n5-c5ccccc5)c43)cc2-c2ccccc2)cc1C#N. The number of hydrogen-bond acceptors (Lipinski definition) is 2. The van der Waals surface area contributed by atoms with E-state index in [9.17, 15) is 10.5 Å². The third-order valence-corrected chi connectivity index (χ3v) is 9.40. The van der Waals surface area contributed by atoms with Crippen LogP contribution in [0.25, 0.3) is 77.2 Å². The summed E-state index contributed by atoms with van der Waals surface area (Å²) < 4.78 is 4.77. The lowest BCUT2D eigenvalue weighted by atomic mass is 9.92. The fourth-order valence-electron chi connectivity index (χ4n) is 7.31. The van der Waals surface area contributed by atoms with Crippen LogP contribution in [-0.2, 0) is 0 Å². The van der Waals surface area contributed by atoms with E-state index in [0.29, 0.717) is 11.1 Å². The van der Waals surface area contributed by atoms with E-state index in [1.54, 1.807) is 6.07 Å². The summed E-state index contributed by atoms with van der Waals surface area (Å²) in [5.74, 6) is 0. The minimum Gasteiger partial charge on any atom is -0.309 e. The summed E-state index contributed by atoms with van der Waals surface area (Å²) in [6.45, 7) is 0. The Morgan fingerprint density at radius 1 is 0.396 bits per heavy atom. The van der Waals surface area contributed by atoms with Gasteiger partial charge >= 0.3 is 0 Å². The Morgan fingerprint density at radius 3 is 1.81 bits per heavy atom. The normalized spacial score (nSPS) is 11.3. The molecule has 0 aliphatic heterocycles. The second-order valence-electron chi connectivity index (χ2n) is 12.0. The molecule has 48 heavy (non-hydrogen) atoms. The van der Waals surface area contributed by atoms with Crippen LogP contribution < -0.4 is 0 Å². The largest absolute Gasteiger partial charge is 0.309 e. The van der Waals surface area contributed by atoms with Crippen LogP contribution in [0, 0.1) is 22.7 Å². The van der Waals surface area contributed by atoms with Gasteiger partial charge in [-0.3, -0.25) is 0 Å². The van der Waals surface area contributed by atoms with Crippen molar-refractivity contribution in [2.24, 2.45) is 0 Å². The van der Waals surface area contributed by atoms with Crippen molar-refractivity contribution in [3.05, 3.63) is 169 Å². The standard InChI is InChI=1S/C44H26N4/c45-27-31-20-19-30(25-32(31)28-46)35-22-21-34(26-39(35)29-11-3-1-4-12-29)48-40-17-9-7-15-36(40)37-23-24-42-43(44(37)48)38-16-8-10-18-41(38)47(42)33-13-5-2-6-14-33/h1-26H. The van der Waals surface area contributed by atoms with E-state index in [2.05, 4.69) is 143 Å². The van der Waals surface area contributed by atoms with Crippen molar-refractivity contribution in [2.45, 2.75) is 0 Å². The maximum Gasteiger partial charge on any atom is 0.101 e. The second kappa shape index (κ2) is 10.9. The Morgan fingerprint density at radius 2 is 1.06 bits per heavy atom. The smallest absolute Gasteiger partial charge is 0.101 e.